The van der Waals surface area contributed by atoms with Crippen LogP contribution in [0.15, 0.2) is 42.5 Å². The Kier molecular flexibility index (Phi) is 7.08. The van der Waals surface area contributed by atoms with E-state index in [9.17, 15) is 14.6 Å². The summed E-state index contributed by atoms with van der Waals surface area (Å²) in [6.45, 7) is 3.03. The zero-order chi connectivity index (χ0) is 19.9. The smallest absolute Gasteiger partial charge is 0.178 e. The summed E-state index contributed by atoms with van der Waals surface area (Å²) in [6.07, 6.45) is -0.764. The van der Waals surface area contributed by atoms with Crippen LogP contribution >= 0.6 is 0 Å². The molecule has 0 saturated carbocycles. The van der Waals surface area contributed by atoms with Gasteiger partial charge in [0, 0.05) is 38.4 Å². The van der Waals surface area contributed by atoms with Crippen molar-refractivity contribution in [3.05, 3.63) is 53.8 Å². The van der Waals surface area contributed by atoms with E-state index in [4.69, 9.17) is 9.47 Å². The third-order valence-corrected chi connectivity index (χ3v) is 4.84. The normalized spacial score (nSPS) is 14.5. The highest BCUT2D eigenvalue weighted by molar-refractivity contribution is 5.60. The number of aliphatic hydroxyl groups excluding tert-OH is 1. The number of hydrogen-bond donors (Lipinski definition) is 3. The number of rotatable bonds is 9. The number of nitrogens with zero attached hydrogens (tertiary/aromatic N) is 1. The molecule has 7 heteroatoms. The fraction of sp³-hybridized carbons (Fsp3) is 0.429. The lowest BCUT2D eigenvalue weighted by Gasteiger charge is -2.31. The largest absolute Gasteiger partial charge is 0.489 e. The molecule has 0 bridgehead atoms. The van der Waals surface area contributed by atoms with Crippen LogP contribution in [0.2, 0.25) is 0 Å². The number of halogens is 1. The molecule has 0 aromatic heterocycles. The quantitative estimate of drug-likeness (QED) is 0.451. The molecule has 0 spiro atoms. The number of ether oxygens (including phenoxy) is 2. The van der Waals surface area contributed by atoms with Crippen molar-refractivity contribution in [2.24, 2.45) is 0 Å². The second-order valence-corrected chi connectivity index (χ2v) is 6.82. The van der Waals surface area contributed by atoms with E-state index in [2.05, 4.69) is 10.2 Å². The van der Waals surface area contributed by atoms with Crippen LogP contribution in [0.1, 0.15) is 12.0 Å². The minimum Gasteiger partial charge on any atom is -0.489 e. The molecule has 2 aromatic carbocycles. The topological polar surface area (TPSA) is 74.2 Å². The van der Waals surface area contributed by atoms with E-state index < -0.39 is 12.4 Å². The molecule has 1 atom stereocenters. The second kappa shape index (κ2) is 9.73. The predicted octanol–water partition coefficient (Wildman–Crippen LogP) is 2.39. The number of hydrogen-bond acceptors (Lipinski definition) is 6. The maximum absolute atomic E-state index is 13.3. The van der Waals surface area contributed by atoms with Gasteiger partial charge in [0.15, 0.2) is 6.29 Å². The van der Waals surface area contributed by atoms with E-state index in [0.717, 1.165) is 43.0 Å². The molecule has 6 nitrogen and oxygen atoms in total. The first-order valence-corrected chi connectivity index (χ1v) is 9.46. The van der Waals surface area contributed by atoms with Gasteiger partial charge in [0.25, 0.3) is 0 Å². The fourth-order valence-electron chi connectivity index (χ4n) is 3.29. The van der Waals surface area contributed by atoms with Gasteiger partial charge >= 0.3 is 0 Å². The Morgan fingerprint density at radius 1 is 1.21 bits per heavy atom. The first-order chi connectivity index (χ1) is 13.6. The zero-order valence-corrected chi connectivity index (χ0v) is 16.0. The summed E-state index contributed by atoms with van der Waals surface area (Å²) in [5, 5.41) is 21.9. The van der Waals surface area contributed by atoms with E-state index in [1.807, 2.05) is 24.3 Å². The standard InChI is InChI=1S/C21H27FN2O4/c1-27-20(21(25)26)13-15-3-6-17(7-4-15)23-9-2-10-24-11-12-28-19-14-16(22)5-8-18(19)24/h3-8,14,20-21,23,25-26H,2,9-13H2,1H3/t20-/m0/s1. The summed E-state index contributed by atoms with van der Waals surface area (Å²) in [7, 11) is 1.46. The molecule has 0 amide bonds. The number of aliphatic hydroxyl groups is 2. The summed E-state index contributed by atoms with van der Waals surface area (Å²) in [4.78, 5) is 2.22. The Balaban J connectivity index is 1.45. The van der Waals surface area contributed by atoms with Crippen LogP contribution in [0.4, 0.5) is 15.8 Å². The van der Waals surface area contributed by atoms with E-state index in [-0.39, 0.29) is 5.82 Å². The summed E-state index contributed by atoms with van der Waals surface area (Å²) in [5.74, 6) is 0.327. The molecular weight excluding hydrogens is 363 g/mol. The zero-order valence-electron chi connectivity index (χ0n) is 16.0. The van der Waals surface area contributed by atoms with Gasteiger partial charge in [-0.25, -0.2) is 4.39 Å². The second-order valence-electron chi connectivity index (χ2n) is 6.82. The Morgan fingerprint density at radius 3 is 2.71 bits per heavy atom. The van der Waals surface area contributed by atoms with E-state index in [1.165, 1.54) is 19.2 Å². The number of benzene rings is 2. The minimum absolute atomic E-state index is 0.281. The third kappa shape index (κ3) is 5.34. The Labute approximate surface area is 164 Å². The van der Waals surface area contributed by atoms with Gasteiger partial charge in [-0.3, -0.25) is 0 Å². The van der Waals surface area contributed by atoms with Crippen molar-refractivity contribution in [3.8, 4) is 5.75 Å². The molecule has 3 rings (SSSR count). The molecule has 3 N–H and O–H groups in total. The summed E-state index contributed by atoms with van der Waals surface area (Å²) >= 11 is 0. The average Bonchev–Trinajstić information content (AvgIpc) is 2.70. The molecule has 2 aromatic rings. The molecule has 0 saturated heterocycles. The van der Waals surface area contributed by atoms with E-state index in [1.54, 1.807) is 6.07 Å². The Bertz CT molecular complexity index is 755. The lowest BCUT2D eigenvalue weighted by Crippen LogP contribution is -2.34. The lowest BCUT2D eigenvalue weighted by atomic mass is 10.1. The lowest BCUT2D eigenvalue weighted by molar-refractivity contribution is -0.133. The van der Waals surface area contributed by atoms with Crippen molar-refractivity contribution in [3.63, 3.8) is 0 Å². The van der Waals surface area contributed by atoms with E-state index in [0.29, 0.717) is 18.8 Å². The maximum atomic E-state index is 13.3. The van der Waals surface area contributed by atoms with Crippen molar-refractivity contribution >= 4 is 11.4 Å². The van der Waals surface area contributed by atoms with Crippen LogP contribution in [0.25, 0.3) is 0 Å². The Hall–Kier alpha value is -2.35. The number of nitrogens with one attached hydrogen (secondary N) is 1. The molecule has 0 radical (unpaired) electrons. The van der Waals surface area contributed by atoms with Crippen molar-refractivity contribution in [2.45, 2.75) is 25.2 Å². The first-order valence-electron chi connectivity index (χ1n) is 9.46. The van der Waals surface area contributed by atoms with Crippen molar-refractivity contribution in [1.29, 1.82) is 0 Å². The first kappa shape index (κ1) is 20.4. The predicted molar refractivity (Wildman–Crippen MR) is 106 cm³/mol. The van der Waals surface area contributed by atoms with Crippen LogP contribution in [-0.2, 0) is 11.2 Å². The van der Waals surface area contributed by atoms with Gasteiger partial charge in [-0.05, 0) is 36.2 Å². The van der Waals surface area contributed by atoms with Crippen molar-refractivity contribution in [1.82, 2.24) is 0 Å². The van der Waals surface area contributed by atoms with Gasteiger partial charge in [-0.1, -0.05) is 12.1 Å². The molecule has 0 fully saturated rings. The fourth-order valence-corrected chi connectivity index (χ4v) is 3.29. The highest BCUT2D eigenvalue weighted by Crippen LogP contribution is 2.32. The molecule has 1 heterocycles. The SMILES string of the molecule is CO[C@@H](Cc1ccc(NCCCN2CCOc3cc(F)ccc32)cc1)C(O)O. The van der Waals surface area contributed by atoms with Gasteiger partial charge in [-0.2, -0.15) is 0 Å². The highest BCUT2D eigenvalue weighted by Gasteiger charge is 2.18. The van der Waals surface area contributed by atoms with Crippen LogP contribution < -0.4 is 15.0 Å². The third-order valence-electron chi connectivity index (χ3n) is 4.84. The summed E-state index contributed by atoms with van der Waals surface area (Å²) < 4.78 is 23.9. The molecule has 1 aliphatic heterocycles. The average molecular weight is 390 g/mol. The van der Waals surface area contributed by atoms with Crippen LogP contribution in [0, 0.1) is 5.82 Å². The Morgan fingerprint density at radius 2 is 2.00 bits per heavy atom. The minimum atomic E-state index is -1.50. The summed E-state index contributed by atoms with van der Waals surface area (Å²) in [5.41, 5.74) is 2.92. The molecule has 152 valence electrons. The van der Waals surface area contributed by atoms with Gasteiger partial charge < -0.3 is 29.9 Å². The van der Waals surface area contributed by atoms with Gasteiger partial charge in [0.05, 0.1) is 12.2 Å². The summed E-state index contributed by atoms with van der Waals surface area (Å²) in [6, 6.07) is 12.5. The van der Waals surface area contributed by atoms with Gasteiger partial charge in [-0.15, -0.1) is 0 Å². The number of fused-ring (bicyclic) bond motifs is 1. The monoisotopic (exact) mass is 390 g/mol. The molecule has 1 aliphatic rings. The van der Waals surface area contributed by atoms with Crippen LogP contribution in [0.3, 0.4) is 0 Å². The van der Waals surface area contributed by atoms with Crippen LogP contribution in [0.5, 0.6) is 5.75 Å². The van der Waals surface area contributed by atoms with Crippen molar-refractivity contribution in [2.75, 3.05) is 43.6 Å². The van der Waals surface area contributed by atoms with Crippen molar-refractivity contribution < 1.29 is 24.1 Å². The molecular formula is C21H27FN2O4. The maximum Gasteiger partial charge on any atom is 0.178 e. The number of anilines is 2. The van der Waals surface area contributed by atoms with Gasteiger partial charge in [0.2, 0.25) is 0 Å². The molecule has 0 unspecified atom stereocenters. The number of methoxy groups -OCH3 is 1. The molecule has 0 aliphatic carbocycles. The van der Waals surface area contributed by atoms with Gasteiger partial charge in [0.1, 0.15) is 24.3 Å². The molecule has 28 heavy (non-hydrogen) atoms. The highest BCUT2D eigenvalue weighted by atomic mass is 19.1. The van der Waals surface area contributed by atoms with E-state index >= 15 is 0 Å². The van der Waals surface area contributed by atoms with Crippen LogP contribution in [-0.4, -0.2) is 56.0 Å².